The molecule has 9 rings (SSSR count). The van der Waals surface area contributed by atoms with Gasteiger partial charge in [0.1, 0.15) is 0 Å². The number of fused-ring (bicyclic) bond motifs is 5. The van der Waals surface area contributed by atoms with Crippen molar-refractivity contribution in [2.24, 2.45) is 0 Å². The molecule has 0 bridgehead atoms. The number of hydrogen-bond donors (Lipinski definition) is 0. The van der Waals surface area contributed by atoms with E-state index in [9.17, 15) is 0 Å². The molecule has 0 saturated heterocycles. The molecular formula is C52H48N4Pt. The van der Waals surface area contributed by atoms with Crippen molar-refractivity contribution in [2.75, 3.05) is 0 Å². The number of pyridine rings is 1. The third-order valence-corrected chi connectivity index (χ3v) is 11.2. The number of rotatable bonds is 4. The molecule has 0 amide bonds. The zero-order valence-corrected chi connectivity index (χ0v) is 36.5. The number of imidazole rings is 1. The average Bonchev–Trinajstić information content (AvgIpc) is 3.75. The van der Waals surface area contributed by atoms with Crippen LogP contribution < -0.4 is 4.98 Å². The summed E-state index contributed by atoms with van der Waals surface area (Å²) in [6.07, 6.45) is 1.88. The second-order valence-electron chi connectivity index (χ2n) is 18.4. The van der Waals surface area contributed by atoms with Crippen LogP contribution in [0.1, 0.15) is 79.0 Å². The van der Waals surface area contributed by atoms with Gasteiger partial charge >= 0.3 is 21.1 Å². The van der Waals surface area contributed by atoms with Gasteiger partial charge in [-0.1, -0.05) is 152 Å². The van der Waals surface area contributed by atoms with Gasteiger partial charge in [-0.25, -0.2) is 0 Å². The SMILES string of the molecule is CC(C)(C)c1cc(-c2[c-]c(-c3nc4c(-c5cc(C(C)(C)C)cc6c5[n-]c5ccc(C(C)(C)C)cc56)cccc4n3-c3ccccc3)ccc2)c2ncccc2c1.[Pt+2]. The molecule has 9 aromatic rings. The topological polar surface area (TPSA) is 44.8 Å². The van der Waals surface area contributed by atoms with Crippen molar-refractivity contribution in [3.63, 3.8) is 0 Å². The molecule has 6 aromatic carbocycles. The summed E-state index contributed by atoms with van der Waals surface area (Å²) < 4.78 is 2.28. The fourth-order valence-corrected chi connectivity index (χ4v) is 7.96. The first-order chi connectivity index (χ1) is 26.6. The van der Waals surface area contributed by atoms with Crippen LogP contribution >= 0.6 is 0 Å². The Morgan fingerprint density at radius 1 is 0.544 bits per heavy atom. The van der Waals surface area contributed by atoms with E-state index in [1.165, 1.54) is 27.5 Å². The Morgan fingerprint density at radius 3 is 1.95 bits per heavy atom. The van der Waals surface area contributed by atoms with E-state index < -0.39 is 0 Å². The first-order valence-corrected chi connectivity index (χ1v) is 19.7. The Kier molecular flexibility index (Phi) is 9.44. The van der Waals surface area contributed by atoms with Gasteiger partial charge in [-0.2, -0.15) is 0 Å². The normalized spacial score (nSPS) is 12.5. The molecule has 0 radical (unpaired) electrons. The minimum atomic E-state index is -0.0741. The molecule has 57 heavy (non-hydrogen) atoms. The van der Waals surface area contributed by atoms with Gasteiger partial charge in [0.2, 0.25) is 0 Å². The molecule has 286 valence electrons. The van der Waals surface area contributed by atoms with Crippen molar-refractivity contribution in [3.05, 3.63) is 150 Å². The summed E-state index contributed by atoms with van der Waals surface area (Å²) in [4.78, 5) is 15.8. The summed E-state index contributed by atoms with van der Waals surface area (Å²) >= 11 is 0. The fourth-order valence-electron chi connectivity index (χ4n) is 7.96. The van der Waals surface area contributed by atoms with Gasteiger partial charge in [0.05, 0.1) is 16.9 Å². The van der Waals surface area contributed by atoms with Crippen molar-refractivity contribution < 1.29 is 21.1 Å². The zero-order valence-electron chi connectivity index (χ0n) is 34.2. The van der Waals surface area contributed by atoms with Crippen molar-refractivity contribution in [3.8, 4) is 39.3 Å². The van der Waals surface area contributed by atoms with Crippen LogP contribution in [0, 0.1) is 6.07 Å². The van der Waals surface area contributed by atoms with Gasteiger partial charge < -0.3 is 9.55 Å². The predicted octanol–water partition coefficient (Wildman–Crippen LogP) is 13.5. The number of para-hydroxylation sites is 2. The number of aromatic nitrogens is 4. The largest absolute Gasteiger partial charge is 2.00 e. The van der Waals surface area contributed by atoms with Crippen LogP contribution in [0.5, 0.6) is 0 Å². The summed E-state index contributed by atoms with van der Waals surface area (Å²) in [5.74, 6) is 0.836. The molecule has 4 nitrogen and oxygen atoms in total. The molecule has 0 aliphatic heterocycles. The Labute approximate surface area is 350 Å². The van der Waals surface area contributed by atoms with E-state index in [4.69, 9.17) is 15.0 Å². The first kappa shape index (κ1) is 38.6. The zero-order chi connectivity index (χ0) is 39.1. The van der Waals surface area contributed by atoms with Crippen LogP contribution in [0.4, 0.5) is 0 Å². The van der Waals surface area contributed by atoms with E-state index in [1.54, 1.807) is 0 Å². The smallest absolute Gasteiger partial charge is 0.656 e. The van der Waals surface area contributed by atoms with Crippen LogP contribution in [0.3, 0.4) is 0 Å². The first-order valence-electron chi connectivity index (χ1n) is 19.7. The number of benzene rings is 6. The van der Waals surface area contributed by atoms with Crippen molar-refractivity contribution in [2.45, 2.75) is 78.6 Å². The minimum absolute atomic E-state index is 0. The third kappa shape index (κ3) is 6.82. The fraction of sp³-hybridized carbons (Fsp3) is 0.231. The van der Waals surface area contributed by atoms with Gasteiger partial charge in [-0.3, -0.25) is 9.97 Å². The maximum atomic E-state index is 5.58. The molecule has 0 fully saturated rings. The number of hydrogen-bond acceptors (Lipinski definition) is 2. The third-order valence-electron chi connectivity index (χ3n) is 11.2. The molecule has 0 N–H and O–H groups in total. The van der Waals surface area contributed by atoms with E-state index >= 15 is 0 Å². The summed E-state index contributed by atoms with van der Waals surface area (Å²) in [7, 11) is 0. The molecule has 0 aliphatic rings. The molecule has 0 spiro atoms. The molecule has 0 aliphatic carbocycles. The van der Waals surface area contributed by atoms with Crippen molar-refractivity contribution >= 4 is 43.7 Å². The van der Waals surface area contributed by atoms with Crippen molar-refractivity contribution in [1.29, 1.82) is 0 Å². The van der Waals surface area contributed by atoms with Crippen LogP contribution in [-0.2, 0) is 37.3 Å². The second kappa shape index (κ2) is 14.0. The van der Waals surface area contributed by atoms with Gasteiger partial charge in [-0.05, 0) is 78.9 Å². The maximum Gasteiger partial charge on any atom is 2.00 e. The van der Waals surface area contributed by atoms with E-state index in [0.717, 1.165) is 72.3 Å². The Bertz CT molecular complexity index is 2960. The average molecular weight is 924 g/mol. The van der Waals surface area contributed by atoms with Gasteiger partial charge in [0.25, 0.3) is 0 Å². The standard InChI is InChI=1S/C52H48N4.Pt/c1-50(2,3)35-23-24-44-41(28-35)43-31-37(52(7,8)9)30-42(47(43)54-44)39-21-14-22-45-48(39)55-49(56(45)38-19-11-10-12-20-38)34-17-13-16-32(26-34)40-29-36(51(4,5)6)27-33-18-15-25-53-46(33)40;/h10-25,27-31H,1-9H3;/q-2;+2. The number of nitrogens with zero attached hydrogens (tertiary/aromatic N) is 4. The molecule has 3 heterocycles. The molecule has 0 saturated carbocycles. The molecule has 0 atom stereocenters. The van der Waals surface area contributed by atoms with Crippen LogP contribution in [0.2, 0.25) is 0 Å². The predicted molar refractivity (Wildman–Crippen MR) is 236 cm³/mol. The summed E-state index contributed by atoms with van der Waals surface area (Å²) in [5.41, 5.74) is 14.9. The van der Waals surface area contributed by atoms with Crippen LogP contribution in [-0.4, -0.2) is 14.5 Å². The van der Waals surface area contributed by atoms with Crippen LogP contribution in [0.15, 0.2) is 128 Å². The summed E-state index contributed by atoms with van der Waals surface area (Å²) in [6.45, 7) is 20.5. The van der Waals surface area contributed by atoms with E-state index in [2.05, 4.69) is 188 Å². The van der Waals surface area contributed by atoms with E-state index in [-0.39, 0.29) is 37.3 Å². The molecule has 3 aromatic heterocycles. The summed E-state index contributed by atoms with van der Waals surface area (Å²) in [5, 5.41) is 3.51. The maximum absolute atomic E-state index is 5.58. The Morgan fingerprint density at radius 2 is 1.21 bits per heavy atom. The Balaban J connectivity index is 0.00000455. The van der Waals surface area contributed by atoms with E-state index in [0.29, 0.717) is 0 Å². The summed E-state index contributed by atoms with van der Waals surface area (Å²) in [6, 6.07) is 47.6. The van der Waals surface area contributed by atoms with Gasteiger partial charge in [-0.15, -0.1) is 40.9 Å². The van der Waals surface area contributed by atoms with Crippen LogP contribution in [0.25, 0.3) is 83.1 Å². The van der Waals surface area contributed by atoms with Gasteiger partial charge in [0.15, 0.2) is 0 Å². The molecule has 5 heteroatoms. The Hall–Kier alpha value is -5.31. The molecule has 0 unspecified atom stereocenters. The van der Waals surface area contributed by atoms with E-state index in [1.807, 2.05) is 12.3 Å². The van der Waals surface area contributed by atoms with Gasteiger partial charge in [0, 0.05) is 23.0 Å². The van der Waals surface area contributed by atoms with Crippen molar-refractivity contribution in [1.82, 2.24) is 19.5 Å². The molecular weight excluding hydrogens is 876 g/mol. The monoisotopic (exact) mass is 923 g/mol. The second-order valence-corrected chi connectivity index (χ2v) is 18.4. The quantitative estimate of drug-likeness (QED) is 0.165. The minimum Gasteiger partial charge on any atom is -0.656 e.